The molecule has 0 fully saturated rings. The molecule has 0 aromatic carbocycles. The van der Waals surface area contributed by atoms with Gasteiger partial charge in [0, 0.05) is 0 Å². The molecule has 2 N–H and O–H groups in total. The fourth-order valence-corrected chi connectivity index (χ4v) is 4.57. The van der Waals surface area contributed by atoms with Crippen molar-refractivity contribution in [3.63, 3.8) is 0 Å². The number of nitrogens with two attached hydrogens (primary N) is 1. The molecule has 0 spiro atoms. The van der Waals surface area contributed by atoms with Gasteiger partial charge in [-0.25, -0.2) is 0 Å². The van der Waals surface area contributed by atoms with Crippen LogP contribution >= 0.6 is 11.6 Å². The molecule has 0 aromatic heterocycles. The van der Waals surface area contributed by atoms with Crippen molar-refractivity contribution in [2.45, 2.75) is 129 Å². The molecule has 0 amide bonds. The van der Waals surface area contributed by atoms with Gasteiger partial charge in [0.05, 0.1) is 10.3 Å². The summed E-state index contributed by atoms with van der Waals surface area (Å²) in [6.45, 7) is 12.5. The van der Waals surface area contributed by atoms with Crippen LogP contribution in [0.4, 0.5) is 0 Å². The normalized spacial score (nSPS) is 14.1. The Bertz CT molecular complexity index is 427. The van der Waals surface area contributed by atoms with E-state index in [0.717, 1.165) is 25.7 Å². The monoisotopic (exact) mass is 413 g/mol. The molecule has 0 aliphatic carbocycles. The summed E-state index contributed by atoms with van der Waals surface area (Å²) in [7, 11) is 0. The molecule has 0 saturated heterocycles. The second kappa shape index (κ2) is 15.5. The maximum Gasteiger partial charge on any atom is 0.165 e. The third-order valence-corrected chi connectivity index (χ3v) is 6.59. The van der Waals surface area contributed by atoms with E-state index in [1.165, 1.54) is 70.6 Å². The minimum Gasteiger partial charge on any atom is -0.330 e. The first-order chi connectivity index (χ1) is 13.2. The smallest absolute Gasteiger partial charge is 0.165 e. The summed E-state index contributed by atoms with van der Waals surface area (Å²) in [6.07, 6.45) is 18.2. The van der Waals surface area contributed by atoms with Gasteiger partial charge in [-0.15, -0.1) is 11.6 Å². The quantitative estimate of drug-likeness (QED) is 0.132. The number of alkyl halides is 1. The Morgan fingerprint density at radius 3 is 1.57 bits per heavy atom. The number of unbranched alkanes of at least 4 members (excludes halogenated alkanes) is 11. The molecule has 0 radical (unpaired) electrons. The lowest BCUT2D eigenvalue weighted by molar-refractivity contribution is -0.127. The van der Waals surface area contributed by atoms with Gasteiger partial charge in [-0.05, 0) is 52.2 Å². The molecule has 0 aliphatic heterocycles. The lowest BCUT2D eigenvalue weighted by Crippen LogP contribution is -2.46. The first kappa shape index (κ1) is 27.7. The Morgan fingerprint density at radius 1 is 0.821 bits per heavy atom. The SMILES string of the molecule is C=C(C)C(=O)C(CCCN)(CCCCCCCCCCCCCC)C(C)(C)Cl. The average molecular weight is 414 g/mol. The maximum absolute atomic E-state index is 13.0. The second-order valence-corrected chi connectivity index (χ2v) is 10.1. The number of Topliss-reactive ketones (excluding diaryl/α,β-unsaturated/α-hetero) is 1. The fourth-order valence-electron chi connectivity index (χ4n) is 4.30. The topological polar surface area (TPSA) is 43.1 Å². The second-order valence-electron chi connectivity index (χ2n) is 9.20. The van der Waals surface area contributed by atoms with Crippen LogP contribution in [-0.4, -0.2) is 17.2 Å². The fraction of sp³-hybridized carbons (Fsp3) is 0.880. The molecular formula is C25H48ClNO. The molecular weight excluding hydrogens is 366 g/mol. The van der Waals surface area contributed by atoms with E-state index in [2.05, 4.69) is 13.5 Å². The third-order valence-electron chi connectivity index (χ3n) is 6.23. The van der Waals surface area contributed by atoms with Crippen LogP contribution in [0.15, 0.2) is 12.2 Å². The number of carbonyl (C=O) groups is 1. The molecule has 166 valence electrons. The van der Waals surface area contributed by atoms with Crippen molar-refractivity contribution in [2.24, 2.45) is 11.1 Å². The minimum atomic E-state index is -0.587. The van der Waals surface area contributed by atoms with Gasteiger partial charge < -0.3 is 5.73 Å². The zero-order valence-electron chi connectivity index (χ0n) is 19.4. The van der Waals surface area contributed by atoms with E-state index in [0.29, 0.717) is 12.1 Å². The van der Waals surface area contributed by atoms with Gasteiger partial charge in [0.1, 0.15) is 0 Å². The van der Waals surface area contributed by atoms with Gasteiger partial charge in [-0.2, -0.15) is 0 Å². The van der Waals surface area contributed by atoms with Gasteiger partial charge in [-0.3, -0.25) is 4.79 Å². The van der Waals surface area contributed by atoms with Crippen molar-refractivity contribution in [3.8, 4) is 0 Å². The summed E-state index contributed by atoms with van der Waals surface area (Å²) >= 11 is 6.77. The molecule has 1 atom stereocenters. The van der Waals surface area contributed by atoms with E-state index in [1.807, 2.05) is 20.8 Å². The van der Waals surface area contributed by atoms with Crippen LogP contribution in [-0.2, 0) is 4.79 Å². The van der Waals surface area contributed by atoms with Crippen molar-refractivity contribution in [1.82, 2.24) is 0 Å². The molecule has 0 aliphatic rings. The highest BCUT2D eigenvalue weighted by Gasteiger charge is 2.48. The first-order valence-corrected chi connectivity index (χ1v) is 12.2. The van der Waals surface area contributed by atoms with Crippen LogP contribution < -0.4 is 5.73 Å². The molecule has 28 heavy (non-hydrogen) atoms. The van der Waals surface area contributed by atoms with Crippen molar-refractivity contribution in [3.05, 3.63) is 12.2 Å². The third kappa shape index (κ3) is 10.4. The number of rotatable bonds is 19. The highest BCUT2D eigenvalue weighted by Crippen LogP contribution is 2.47. The minimum absolute atomic E-state index is 0.129. The van der Waals surface area contributed by atoms with E-state index in [-0.39, 0.29) is 5.78 Å². The Labute approximate surface area is 181 Å². The highest BCUT2D eigenvalue weighted by atomic mass is 35.5. The van der Waals surface area contributed by atoms with Crippen LogP contribution in [0.25, 0.3) is 0 Å². The van der Waals surface area contributed by atoms with Crippen LogP contribution in [0, 0.1) is 5.41 Å². The molecule has 0 saturated carbocycles. The van der Waals surface area contributed by atoms with Crippen molar-refractivity contribution in [1.29, 1.82) is 0 Å². The maximum atomic E-state index is 13.0. The lowest BCUT2D eigenvalue weighted by Gasteiger charge is -2.42. The van der Waals surface area contributed by atoms with E-state index < -0.39 is 10.3 Å². The molecule has 0 rings (SSSR count). The van der Waals surface area contributed by atoms with Gasteiger partial charge in [0.15, 0.2) is 5.78 Å². The molecule has 0 aromatic rings. The Kier molecular flexibility index (Phi) is 15.3. The van der Waals surface area contributed by atoms with Gasteiger partial charge in [-0.1, -0.05) is 90.6 Å². The van der Waals surface area contributed by atoms with E-state index in [1.54, 1.807) is 0 Å². The zero-order valence-corrected chi connectivity index (χ0v) is 20.1. The summed E-state index contributed by atoms with van der Waals surface area (Å²) < 4.78 is 0. The zero-order chi connectivity index (χ0) is 21.5. The number of halogens is 1. The molecule has 1 unspecified atom stereocenters. The van der Waals surface area contributed by atoms with E-state index >= 15 is 0 Å². The highest BCUT2D eigenvalue weighted by molar-refractivity contribution is 6.26. The summed E-state index contributed by atoms with van der Waals surface area (Å²) in [5.41, 5.74) is 5.82. The summed E-state index contributed by atoms with van der Waals surface area (Å²) in [5.74, 6) is 0.129. The Balaban J connectivity index is 4.28. The Hall–Kier alpha value is -0.340. The Morgan fingerprint density at radius 2 is 1.21 bits per heavy atom. The number of hydrogen-bond acceptors (Lipinski definition) is 2. The molecule has 0 heterocycles. The number of ketones is 1. The van der Waals surface area contributed by atoms with E-state index in [9.17, 15) is 4.79 Å². The number of carbonyl (C=O) groups excluding carboxylic acids is 1. The van der Waals surface area contributed by atoms with Gasteiger partial charge in [0.25, 0.3) is 0 Å². The van der Waals surface area contributed by atoms with Crippen LogP contribution in [0.5, 0.6) is 0 Å². The lowest BCUT2D eigenvalue weighted by atomic mass is 9.65. The summed E-state index contributed by atoms with van der Waals surface area (Å²) in [5, 5.41) is 0. The van der Waals surface area contributed by atoms with Gasteiger partial charge in [0.2, 0.25) is 0 Å². The van der Waals surface area contributed by atoms with Crippen molar-refractivity contribution >= 4 is 17.4 Å². The van der Waals surface area contributed by atoms with Crippen LogP contribution in [0.3, 0.4) is 0 Å². The van der Waals surface area contributed by atoms with Crippen molar-refractivity contribution in [2.75, 3.05) is 6.54 Å². The predicted molar refractivity (Wildman–Crippen MR) is 126 cm³/mol. The van der Waals surface area contributed by atoms with Crippen LogP contribution in [0.2, 0.25) is 0 Å². The summed E-state index contributed by atoms with van der Waals surface area (Å²) in [4.78, 5) is 12.4. The number of hydrogen-bond donors (Lipinski definition) is 1. The van der Waals surface area contributed by atoms with E-state index in [4.69, 9.17) is 17.3 Å². The summed E-state index contributed by atoms with van der Waals surface area (Å²) in [6, 6.07) is 0. The number of allylic oxidation sites excluding steroid dienone is 1. The largest absolute Gasteiger partial charge is 0.330 e. The van der Waals surface area contributed by atoms with Gasteiger partial charge >= 0.3 is 0 Å². The predicted octanol–water partition coefficient (Wildman–Crippen LogP) is 7.97. The average Bonchev–Trinajstić information content (AvgIpc) is 2.63. The molecule has 3 heteroatoms. The molecule has 2 nitrogen and oxygen atoms in total. The standard InChI is InChI=1S/C25H48ClNO/c1-6-7-8-9-10-11-12-13-14-15-16-17-19-25(20-18-21-27,24(4,5)26)23(28)22(2)3/h2,6-21,27H2,1,3-5H3. The van der Waals surface area contributed by atoms with Crippen molar-refractivity contribution < 1.29 is 4.79 Å². The first-order valence-electron chi connectivity index (χ1n) is 11.8. The van der Waals surface area contributed by atoms with Crippen LogP contribution in [0.1, 0.15) is 124 Å². The molecule has 0 bridgehead atoms.